The molecule has 0 aliphatic heterocycles. The summed E-state index contributed by atoms with van der Waals surface area (Å²) >= 11 is 0. The van der Waals surface area contributed by atoms with Gasteiger partial charge in [0.15, 0.2) is 5.96 Å². The number of hydrogen-bond acceptors (Lipinski definition) is 5. The summed E-state index contributed by atoms with van der Waals surface area (Å²) in [7, 11) is 0. The van der Waals surface area contributed by atoms with E-state index in [0.29, 0.717) is 12.8 Å². The fraction of sp³-hybridized carbons (Fsp3) is 0.810. The average molecular weight is 429 g/mol. The Morgan fingerprint density at radius 3 is 2.00 bits per heavy atom. The van der Waals surface area contributed by atoms with Gasteiger partial charge in [0, 0.05) is 13.0 Å². The topological polar surface area (TPSA) is 148 Å². The zero-order valence-corrected chi connectivity index (χ0v) is 18.6. The van der Waals surface area contributed by atoms with Crippen molar-refractivity contribution in [2.75, 3.05) is 13.2 Å². The Morgan fingerprint density at radius 2 is 1.50 bits per heavy atom. The summed E-state index contributed by atoms with van der Waals surface area (Å²) in [5.41, 5.74) is 10.5. The molecule has 0 spiro atoms. The number of nitrogens with zero attached hydrogens (tertiary/aromatic N) is 2. The summed E-state index contributed by atoms with van der Waals surface area (Å²) in [5.74, 6) is -1.87. The quantitative estimate of drug-likeness (QED) is 0.183. The van der Waals surface area contributed by atoms with Crippen LogP contribution in [0.4, 0.5) is 4.79 Å². The van der Waals surface area contributed by atoms with E-state index in [0.717, 1.165) is 24.2 Å². The molecule has 174 valence electrons. The minimum absolute atomic E-state index is 0.0500. The maximum absolute atomic E-state index is 12.6. The molecule has 9 nitrogen and oxygen atoms in total. The second-order valence-electron chi connectivity index (χ2n) is 7.34. The molecule has 30 heavy (non-hydrogen) atoms. The van der Waals surface area contributed by atoms with Gasteiger partial charge >= 0.3 is 12.1 Å². The lowest BCUT2D eigenvalue weighted by Gasteiger charge is -2.26. The number of nitrogens with two attached hydrogens (primary N) is 2. The number of aliphatic imine (C=N–C) groups is 1. The van der Waals surface area contributed by atoms with Gasteiger partial charge in [-0.3, -0.25) is 9.79 Å². The largest absolute Gasteiger partial charge is 0.480 e. The number of hydrogen-bond donors (Lipinski definition) is 3. The van der Waals surface area contributed by atoms with Crippen molar-refractivity contribution in [2.24, 2.45) is 16.5 Å². The minimum Gasteiger partial charge on any atom is -0.480 e. The normalized spacial score (nSPS) is 11.5. The fourth-order valence-electron chi connectivity index (χ4n) is 3.16. The Hall–Kier alpha value is -2.32. The van der Waals surface area contributed by atoms with Crippen LogP contribution in [0.25, 0.3) is 0 Å². The highest BCUT2D eigenvalue weighted by Crippen LogP contribution is 2.15. The number of carbonyl (C=O) groups is 3. The van der Waals surface area contributed by atoms with Crippen LogP contribution in [0.5, 0.6) is 0 Å². The van der Waals surface area contributed by atoms with Gasteiger partial charge < -0.3 is 21.3 Å². The SMILES string of the molecule is CCCCCCCCCCCC(=O)N(C(=O)OCC)[C@@H](CCCN=C(N)N)C(=O)O. The van der Waals surface area contributed by atoms with Crippen molar-refractivity contribution in [3.8, 4) is 0 Å². The molecule has 0 aromatic carbocycles. The van der Waals surface area contributed by atoms with Gasteiger partial charge in [-0.15, -0.1) is 0 Å². The predicted molar refractivity (Wildman–Crippen MR) is 117 cm³/mol. The molecule has 5 N–H and O–H groups in total. The average Bonchev–Trinajstić information content (AvgIpc) is 2.68. The third-order valence-electron chi connectivity index (χ3n) is 4.75. The third kappa shape index (κ3) is 13.0. The van der Waals surface area contributed by atoms with E-state index in [4.69, 9.17) is 16.2 Å². The van der Waals surface area contributed by atoms with Crippen molar-refractivity contribution in [3.05, 3.63) is 0 Å². The maximum atomic E-state index is 12.6. The third-order valence-corrected chi connectivity index (χ3v) is 4.75. The van der Waals surface area contributed by atoms with Crippen molar-refractivity contribution in [1.29, 1.82) is 0 Å². The number of imide groups is 1. The van der Waals surface area contributed by atoms with Crippen LogP contribution in [-0.2, 0) is 14.3 Å². The van der Waals surface area contributed by atoms with E-state index >= 15 is 0 Å². The van der Waals surface area contributed by atoms with Crippen molar-refractivity contribution < 1.29 is 24.2 Å². The summed E-state index contributed by atoms with van der Waals surface area (Å²) in [5, 5.41) is 9.56. The minimum atomic E-state index is -1.30. The standard InChI is InChI=1S/C21H40N4O5/c1-3-5-6-7-8-9-10-11-12-15-18(26)25(21(29)30-4-2)17(19(27)28)14-13-16-24-20(22)23/h17H,3-16H2,1-2H3,(H,27,28)(H4,22,23,24)/t17-/m0/s1. The summed E-state index contributed by atoms with van der Waals surface area (Å²) in [6, 6.07) is -1.30. The first-order valence-corrected chi connectivity index (χ1v) is 11.1. The molecular weight excluding hydrogens is 388 g/mol. The molecule has 0 saturated carbocycles. The first-order valence-electron chi connectivity index (χ1n) is 11.1. The Labute approximate surface area is 180 Å². The number of amides is 2. The molecule has 0 aliphatic rings. The maximum Gasteiger partial charge on any atom is 0.417 e. The van der Waals surface area contributed by atoms with Crippen LogP contribution in [0.15, 0.2) is 4.99 Å². The van der Waals surface area contributed by atoms with Crippen LogP contribution in [0.3, 0.4) is 0 Å². The number of ether oxygens (including phenoxy) is 1. The lowest BCUT2D eigenvalue weighted by molar-refractivity contribution is -0.149. The molecule has 1 atom stereocenters. The number of carboxylic acid groups (broad SMARTS) is 1. The van der Waals surface area contributed by atoms with E-state index in [9.17, 15) is 19.5 Å². The van der Waals surface area contributed by atoms with Crippen molar-refractivity contribution in [1.82, 2.24) is 4.90 Å². The molecule has 0 fully saturated rings. The number of guanidine groups is 1. The van der Waals surface area contributed by atoms with Crippen molar-refractivity contribution >= 4 is 23.9 Å². The zero-order chi connectivity index (χ0) is 22.8. The predicted octanol–water partition coefficient (Wildman–Crippen LogP) is 3.40. The Balaban J connectivity index is 4.65. The molecule has 0 rings (SSSR count). The molecule has 0 bridgehead atoms. The molecular formula is C21H40N4O5. The van der Waals surface area contributed by atoms with Crippen molar-refractivity contribution in [3.63, 3.8) is 0 Å². The van der Waals surface area contributed by atoms with Crippen molar-refractivity contribution in [2.45, 2.75) is 96.9 Å². The first kappa shape index (κ1) is 27.7. The Morgan fingerprint density at radius 1 is 0.933 bits per heavy atom. The number of carbonyl (C=O) groups excluding carboxylic acids is 2. The summed E-state index contributed by atoms with van der Waals surface area (Å²) < 4.78 is 4.93. The monoisotopic (exact) mass is 428 g/mol. The summed E-state index contributed by atoms with van der Waals surface area (Å²) in [6.07, 6.45) is 9.40. The highest BCUT2D eigenvalue weighted by atomic mass is 16.6. The molecule has 0 saturated heterocycles. The van der Waals surface area contributed by atoms with Gasteiger partial charge in [0.2, 0.25) is 5.91 Å². The van der Waals surface area contributed by atoms with E-state index in [1.165, 1.54) is 32.1 Å². The van der Waals surface area contributed by atoms with E-state index < -0.39 is 24.0 Å². The molecule has 0 aliphatic carbocycles. The zero-order valence-electron chi connectivity index (χ0n) is 18.6. The van der Waals surface area contributed by atoms with Crippen LogP contribution >= 0.6 is 0 Å². The van der Waals surface area contributed by atoms with Gasteiger partial charge in [-0.1, -0.05) is 58.3 Å². The second-order valence-corrected chi connectivity index (χ2v) is 7.34. The molecule has 0 radical (unpaired) electrons. The lowest BCUT2D eigenvalue weighted by atomic mass is 10.1. The molecule has 0 aromatic rings. The van der Waals surface area contributed by atoms with Gasteiger partial charge in [-0.25, -0.2) is 14.5 Å². The van der Waals surface area contributed by atoms with Crippen LogP contribution in [0.2, 0.25) is 0 Å². The fourth-order valence-corrected chi connectivity index (χ4v) is 3.16. The lowest BCUT2D eigenvalue weighted by Crippen LogP contribution is -2.49. The highest BCUT2D eigenvalue weighted by molar-refractivity contribution is 5.96. The highest BCUT2D eigenvalue weighted by Gasteiger charge is 2.35. The van der Waals surface area contributed by atoms with Crippen LogP contribution < -0.4 is 11.5 Å². The van der Waals surface area contributed by atoms with Gasteiger partial charge in [0.1, 0.15) is 6.04 Å². The van der Waals surface area contributed by atoms with Gasteiger partial charge in [-0.2, -0.15) is 0 Å². The van der Waals surface area contributed by atoms with E-state index in [2.05, 4.69) is 11.9 Å². The van der Waals surface area contributed by atoms with Gasteiger partial charge in [0.05, 0.1) is 6.61 Å². The number of rotatable bonds is 17. The molecule has 0 aromatic heterocycles. The van der Waals surface area contributed by atoms with E-state index in [1.54, 1.807) is 6.92 Å². The van der Waals surface area contributed by atoms with Crippen LogP contribution in [0.1, 0.15) is 90.9 Å². The van der Waals surface area contributed by atoms with E-state index in [1.807, 2.05) is 0 Å². The summed E-state index contributed by atoms with van der Waals surface area (Å²) in [4.78, 5) is 41.2. The van der Waals surface area contributed by atoms with Gasteiger partial charge in [-0.05, 0) is 26.2 Å². The Bertz CT molecular complexity index is 535. The summed E-state index contributed by atoms with van der Waals surface area (Å²) in [6.45, 7) is 4.07. The second kappa shape index (κ2) is 17.5. The smallest absolute Gasteiger partial charge is 0.417 e. The van der Waals surface area contributed by atoms with Crippen LogP contribution in [0, 0.1) is 0 Å². The van der Waals surface area contributed by atoms with E-state index in [-0.39, 0.29) is 32.0 Å². The Kier molecular flexibility index (Phi) is 16.2. The van der Waals surface area contributed by atoms with Crippen LogP contribution in [-0.4, -0.2) is 53.1 Å². The first-order chi connectivity index (χ1) is 14.3. The molecule has 0 unspecified atom stereocenters. The molecule has 2 amide bonds. The van der Waals surface area contributed by atoms with Gasteiger partial charge in [0.25, 0.3) is 0 Å². The number of unbranched alkanes of at least 4 members (excludes halogenated alkanes) is 8. The molecule has 0 heterocycles. The molecule has 9 heteroatoms. The number of carboxylic acids is 1. The number of aliphatic carboxylic acids is 1.